The molecule has 0 radical (unpaired) electrons. The molecule has 0 saturated carbocycles. The maximum absolute atomic E-state index is 12.8. The first kappa shape index (κ1) is 21.7. The van der Waals surface area contributed by atoms with Gasteiger partial charge in [0, 0.05) is 38.8 Å². The predicted octanol–water partition coefficient (Wildman–Crippen LogP) is 3.42. The quantitative estimate of drug-likeness (QED) is 0.798. The van der Waals surface area contributed by atoms with E-state index in [1.165, 1.54) is 5.56 Å². The summed E-state index contributed by atoms with van der Waals surface area (Å²) in [5, 5.41) is 12.1. The van der Waals surface area contributed by atoms with Crippen LogP contribution in [-0.4, -0.2) is 55.2 Å². The lowest BCUT2D eigenvalue weighted by Gasteiger charge is -2.24. The summed E-state index contributed by atoms with van der Waals surface area (Å²) in [6, 6.07) is 17.9. The van der Waals surface area contributed by atoms with Gasteiger partial charge in [0.15, 0.2) is 0 Å². The van der Waals surface area contributed by atoms with Gasteiger partial charge in [0.05, 0.1) is 18.7 Å². The molecule has 0 aliphatic carbocycles. The Bertz CT molecular complexity index is 876. The van der Waals surface area contributed by atoms with Crippen molar-refractivity contribution in [2.45, 2.75) is 32.4 Å². The van der Waals surface area contributed by atoms with Crippen LogP contribution in [0.25, 0.3) is 0 Å². The van der Waals surface area contributed by atoms with E-state index >= 15 is 0 Å². The van der Waals surface area contributed by atoms with Gasteiger partial charge in [-0.2, -0.15) is 5.26 Å². The smallest absolute Gasteiger partial charge is 0.317 e. The minimum absolute atomic E-state index is 0.00520. The van der Waals surface area contributed by atoms with Gasteiger partial charge >= 0.3 is 6.03 Å². The monoisotopic (exact) mass is 406 g/mol. The Balaban J connectivity index is 1.47. The molecule has 1 fully saturated rings. The van der Waals surface area contributed by atoms with Crippen molar-refractivity contribution in [1.29, 1.82) is 5.26 Å². The molecule has 2 aromatic carbocycles. The van der Waals surface area contributed by atoms with Crippen LogP contribution in [0.1, 0.15) is 30.0 Å². The fourth-order valence-corrected chi connectivity index (χ4v) is 3.78. The highest BCUT2D eigenvalue weighted by Crippen LogP contribution is 2.14. The number of benzene rings is 2. The Hall–Kier alpha value is -3.04. The van der Waals surface area contributed by atoms with Crippen molar-refractivity contribution < 1.29 is 9.53 Å². The summed E-state index contributed by atoms with van der Waals surface area (Å²) in [6.07, 6.45) is 1.72. The molecule has 0 bridgehead atoms. The Morgan fingerprint density at radius 2 is 1.93 bits per heavy atom. The summed E-state index contributed by atoms with van der Waals surface area (Å²) in [5.74, 6) is 0.834. The van der Waals surface area contributed by atoms with Crippen molar-refractivity contribution in [1.82, 2.24) is 15.1 Å². The second kappa shape index (κ2) is 10.7. The van der Waals surface area contributed by atoms with Crippen molar-refractivity contribution >= 4 is 6.03 Å². The highest BCUT2D eigenvalue weighted by Gasteiger charge is 2.20. The van der Waals surface area contributed by atoms with Gasteiger partial charge in [-0.3, -0.25) is 4.90 Å². The van der Waals surface area contributed by atoms with Crippen molar-refractivity contribution in [3.63, 3.8) is 0 Å². The number of amides is 2. The van der Waals surface area contributed by atoms with Crippen LogP contribution in [0.2, 0.25) is 0 Å². The normalized spacial score (nSPS) is 15.7. The molecule has 2 aromatic rings. The van der Waals surface area contributed by atoms with Crippen LogP contribution in [0.5, 0.6) is 5.75 Å². The molecule has 1 unspecified atom stereocenters. The zero-order valence-electron chi connectivity index (χ0n) is 17.8. The van der Waals surface area contributed by atoms with E-state index in [-0.39, 0.29) is 12.1 Å². The number of nitrogens with zero attached hydrogens (tertiary/aromatic N) is 3. The summed E-state index contributed by atoms with van der Waals surface area (Å²) in [5.41, 5.74) is 3.02. The fraction of sp³-hybridized carbons (Fsp3) is 0.417. The van der Waals surface area contributed by atoms with E-state index in [1.54, 1.807) is 7.11 Å². The van der Waals surface area contributed by atoms with Crippen molar-refractivity contribution in [3.8, 4) is 11.8 Å². The summed E-state index contributed by atoms with van der Waals surface area (Å²) in [7, 11) is 1.66. The highest BCUT2D eigenvalue weighted by atomic mass is 16.5. The molecule has 3 rings (SSSR count). The van der Waals surface area contributed by atoms with E-state index < -0.39 is 0 Å². The number of carbonyl (C=O) groups is 1. The Labute approximate surface area is 179 Å². The van der Waals surface area contributed by atoms with E-state index in [9.17, 15) is 4.79 Å². The minimum atomic E-state index is 0.00520. The van der Waals surface area contributed by atoms with Gasteiger partial charge in [-0.25, -0.2) is 4.79 Å². The number of hydrogen-bond donors (Lipinski definition) is 1. The van der Waals surface area contributed by atoms with Gasteiger partial charge in [-0.05, 0) is 55.2 Å². The topological polar surface area (TPSA) is 68.6 Å². The third kappa shape index (κ3) is 6.23. The number of ether oxygens (including phenoxy) is 1. The molecule has 1 saturated heterocycles. The molecule has 1 N–H and O–H groups in total. The maximum Gasteiger partial charge on any atom is 0.317 e. The largest absolute Gasteiger partial charge is 0.497 e. The summed E-state index contributed by atoms with van der Waals surface area (Å²) in [6.45, 7) is 6.16. The standard InChI is InChI=1S/C24H30N4O2/c1-19(15-22-5-3-6-23(16-22)30-2)26-24(29)28-12-4-11-27(13-14-28)18-21-9-7-20(17-25)8-10-21/h3,5-10,16,19H,4,11-15,18H2,1-2H3,(H,26,29). The van der Waals surface area contributed by atoms with E-state index in [4.69, 9.17) is 10.00 Å². The van der Waals surface area contributed by atoms with Gasteiger partial charge in [0.25, 0.3) is 0 Å². The molecule has 1 aliphatic rings. The third-order valence-electron chi connectivity index (χ3n) is 5.41. The maximum atomic E-state index is 12.8. The zero-order chi connectivity index (χ0) is 21.3. The predicted molar refractivity (Wildman–Crippen MR) is 117 cm³/mol. The molecule has 0 spiro atoms. The molecule has 1 atom stereocenters. The lowest BCUT2D eigenvalue weighted by molar-refractivity contribution is 0.194. The van der Waals surface area contributed by atoms with Crippen LogP contribution in [0.15, 0.2) is 48.5 Å². The second-order valence-corrected chi connectivity index (χ2v) is 7.83. The molecule has 1 heterocycles. The molecule has 158 valence electrons. The van der Waals surface area contributed by atoms with Crippen LogP contribution < -0.4 is 10.1 Å². The molecule has 2 amide bonds. The number of nitriles is 1. The lowest BCUT2D eigenvalue weighted by Crippen LogP contribution is -2.45. The third-order valence-corrected chi connectivity index (χ3v) is 5.41. The molecule has 6 nitrogen and oxygen atoms in total. The highest BCUT2D eigenvalue weighted by molar-refractivity contribution is 5.74. The second-order valence-electron chi connectivity index (χ2n) is 7.83. The number of carbonyl (C=O) groups excluding carboxylic acids is 1. The first-order chi connectivity index (χ1) is 14.6. The van der Waals surface area contributed by atoms with E-state index in [2.05, 4.69) is 22.4 Å². The first-order valence-corrected chi connectivity index (χ1v) is 10.5. The molecule has 1 aliphatic heterocycles. The van der Waals surface area contributed by atoms with Crippen LogP contribution >= 0.6 is 0 Å². The molecular formula is C24H30N4O2. The van der Waals surface area contributed by atoms with Gasteiger partial charge in [0.2, 0.25) is 0 Å². The number of hydrogen-bond acceptors (Lipinski definition) is 4. The molecule has 6 heteroatoms. The summed E-state index contributed by atoms with van der Waals surface area (Å²) >= 11 is 0. The molecular weight excluding hydrogens is 376 g/mol. The van der Waals surface area contributed by atoms with Crippen LogP contribution in [0, 0.1) is 11.3 Å². The number of nitrogens with one attached hydrogen (secondary N) is 1. The SMILES string of the molecule is COc1cccc(CC(C)NC(=O)N2CCCN(Cc3ccc(C#N)cc3)CC2)c1. The Morgan fingerprint density at radius 1 is 1.13 bits per heavy atom. The number of methoxy groups -OCH3 is 1. The van der Waals surface area contributed by atoms with Crippen LogP contribution in [0.4, 0.5) is 4.79 Å². The molecule has 0 aromatic heterocycles. The van der Waals surface area contributed by atoms with Gasteiger partial charge in [-0.15, -0.1) is 0 Å². The average Bonchev–Trinajstić information content (AvgIpc) is 3.00. The van der Waals surface area contributed by atoms with Gasteiger partial charge in [0.1, 0.15) is 5.75 Å². The fourth-order valence-electron chi connectivity index (χ4n) is 3.78. The minimum Gasteiger partial charge on any atom is -0.497 e. The van der Waals surface area contributed by atoms with E-state index in [0.717, 1.165) is 50.3 Å². The summed E-state index contributed by atoms with van der Waals surface area (Å²) < 4.78 is 5.28. The van der Waals surface area contributed by atoms with E-state index in [0.29, 0.717) is 12.1 Å². The van der Waals surface area contributed by atoms with Gasteiger partial charge in [-0.1, -0.05) is 24.3 Å². The Kier molecular flexibility index (Phi) is 7.69. The first-order valence-electron chi connectivity index (χ1n) is 10.5. The number of urea groups is 1. The zero-order valence-corrected chi connectivity index (χ0v) is 17.8. The molecule has 30 heavy (non-hydrogen) atoms. The van der Waals surface area contributed by atoms with Crippen LogP contribution in [0.3, 0.4) is 0 Å². The van der Waals surface area contributed by atoms with Gasteiger partial charge < -0.3 is 15.0 Å². The van der Waals surface area contributed by atoms with E-state index in [1.807, 2.05) is 54.3 Å². The lowest BCUT2D eigenvalue weighted by atomic mass is 10.1. The Morgan fingerprint density at radius 3 is 2.67 bits per heavy atom. The van der Waals surface area contributed by atoms with Crippen molar-refractivity contribution in [3.05, 3.63) is 65.2 Å². The van der Waals surface area contributed by atoms with Crippen LogP contribution in [-0.2, 0) is 13.0 Å². The number of rotatable bonds is 6. The van der Waals surface area contributed by atoms with Crippen molar-refractivity contribution in [2.75, 3.05) is 33.3 Å². The summed E-state index contributed by atoms with van der Waals surface area (Å²) in [4.78, 5) is 17.0. The average molecular weight is 407 g/mol. The van der Waals surface area contributed by atoms with Crippen molar-refractivity contribution in [2.24, 2.45) is 0 Å².